The molecule has 0 aliphatic rings. The van der Waals surface area contributed by atoms with Gasteiger partial charge in [0.1, 0.15) is 17.2 Å². The van der Waals surface area contributed by atoms with Crippen molar-refractivity contribution in [3.63, 3.8) is 0 Å². The van der Waals surface area contributed by atoms with Gasteiger partial charge in [-0.3, -0.25) is 4.79 Å². The molecule has 3 rings (SSSR count). The number of nitrogens with one attached hydrogen (secondary N) is 1. The molecule has 0 aromatic heterocycles. The molecule has 0 saturated carbocycles. The summed E-state index contributed by atoms with van der Waals surface area (Å²) in [4.78, 5) is 12.0. The van der Waals surface area contributed by atoms with Gasteiger partial charge in [-0.1, -0.05) is 29.8 Å². The second-order valence-electron chi connectivity index (χ2n) is 5.51. The van der Waals surface area contributed by atoms with Gasteiger partial charge in [0.2, 0.25) is 9.84 Å². The number of sulfone groups is 1. The van der Waals surface area contributed by atoms with Crippen molar-refractivity contribution < 1.29 is 22.0 Å². The molecule has 0 saturated heterocycles. The highest BCUT2D eigenvalue weighted by Crippen LogP contribution is 2.28. The fourth-order valence-corrected chi connectivity index (χ4v) is 4.19. The van der Waals surface area contributed by atoms with E-state index in [1.807, 2.05) is 0 Å². The molecule has 0 bridgehead atoms. The van der Waals surface area contributed by atoms with Gasteiger partial charge in [0.25, 0.3) is 5.91 Å². The van der Waals surface area contributed by atoms with Crippen LogP contribution in [0.25, 0.3) is 0 Å². The van der Waals surface area contributed by atoms with Gasteiger partial charge in [-0.25, -0.2) is 17.2 Å². The maximum atomic E-state index is 13.7. The van der Waals surface area contributed by atoms with Crippen LogP contribution in [0.3, 0.4) is 0 Å². The first-order valence-electron chi connectivity index (χ1n) is 7.66. The summed E-state index contributed by atoms with van der Waals surface area (Å²) in [6, 6.07) is 14.3. The molecular weight excluding hydrogens is 396 g/mol. The van der Waals surface area contributed by atoms with E-state index in [9.17, 15) is 22.0 Å². The smallest absolute Gasteiger partial charge is 0.261 e. The number of carbonyl (C=O) groups excluding carboxylic acids is 1. The first kappa shape index (κ1) is 19.0. The monoisotopic (exact) mass is 407 g/mol. The van der Waals surface area contributed by atoms with Crippen LogP contribution in [0.4, 0.5) is 14.5 Å². The molecular formula is C19H12ClF2NO3S. The second-order valence-corrected chi connectivity index (χ2v) is 7.83. The Morgan fingerprint density at radius 3 is 2.04 bits per heavy atom. The predicted octanol–water partition coefficient (Wildman–Crippen LogP) is 4.70. The Morgan fingerprint density at radius 2 is 1.44 bits per heavy atom. The SMILES string of the molecule is O=C(Nc1ccc(S(=O)(=O)c2ccccc2Cl)cc1)c1c(F)cccc1F. The fourth-order valence-electron chi connectivity index (χ4n) is 2.42. The lowest BCUT2D eigenvalue weighted by Crippen LogP contribution is -2.15. The van der Waals surface area contributed by atoms with Crippen LogP contribution >= 0.6 is 11.6 Å². The summed E-state index contributed by atoms with van der Waals surface area (Å²) in [5.41, 5.74) is -0.536. The number of hydrogen-bond donors (Lipinski definition) is 1. The van der Waals surface area contributed by atoms with E-state index in [-0.39, 0.29) is 20.5 Å². The number of hydrogen-bond acceptors (Lipinski definition) is 3. The van der Waals surface area contributed by atoms with Gasteiger partial charge in [-0.05, 0) is 48.5 Å². The Bertz CT molecular complexity index is 1100. The molecule has 138 valence electrons. The van der Waals surface area contributed by atoms with E-state index in [1.165, 1.54) is 36.4 Å². The standard InChI is InChI=1S/C19H12ClF2NO3S/c20-14-4-1-2-7-17(14)27(25,26)13-10-8-12(9-11-13)23-19(24)18-15(21)5-3-6-16(18)22/h1-11H,(H,23,24). The maximum absolute atomic E-state index is 13.7. The molecule has 0 heterocycles. The molecule has 3 aromatic carbocycles. The summed E-state index contributed by atoms with van der Waals surface area (Å²) in [6.45, 7) is 0. The molecule has 1 N–H and O–H groups in total. The highest BCUT2D eigenvalue weighted by Gasteiger charge is 2.21. The van der Waals surface area contributed by atoms with Gasteiger partial charge in [0.05, 0.1) is 14.8 Å². The lowest BCUT2D eigenvalue weighted by Gasteiger charge is -2.09. The van der Waals surface area contributed by atoms with E-state index >= 15 is 0 Å². The van der Waals surface area contributed by atoms with Gasteiger partial charge in [-0.2, -0.15) is 0 Å². The summed E-state index contributed by atoms with van der Waals surface area (Å²) in [6.07, 6.45) is 0. The number of rotatable bonds is 4. The first-order valence-corrected chi connectivity index (χ1v) is 9.52. The fraction of sp³-hybridized carbons (Fsp3) is 0. The van der Waals surface area contributed by atoms with E-state index in [0.717, 1.165) is 18.2 Å². The van der Waals surface area contributed by atoms with Crippen LogP contribution in [0.1, 0.15) is 10.4 Å². The van der Waals surface area contributed by atoms with E-state index in [4.69, 9.17) is 11.6 Å². The lowest BCUT2D eigenvalue weighted by molar-refractivity contribution is 0.101. The van der Waals surface area contributed by atoms with Gasteiger partial charge in [-0.15, -0.1) is 0 Å². The largest absolute Gasteiger partial charge is 0.322 e. The highest BCUT2D eigenvalue weighted by molar-refractivity contribution is 7.91. The molecule has 0 aliphatic heterocycles. The van der Waals surface area contributed by atoms with Gasteiger partial charge in [0.15, 0.2) is 0 Å². The zero-order chi connectivity index (χ0) is 19.6. The van der Waals surface area contributed by atoms with Crippen molar-refractivity contribution in [1.82, 2.24) is 0 Å². The van der Waals surface area contributed by atoms with Crippen LogP contribution in [0, 0.1) is 11.6 Å². The van der Waals surface area contributed by atoms with Crippen LogP contribution < -0.4 is 5.32 Å². The minimum atomic E-state index is -3.85. The summed E-state index contributed by atoms with van der Waals surface area (Å²) >= 11 is 5.95. The summed E-state index contributed by atoms with van der Waals surface area (Å²) in [7, 11) is -3.85. The average molecular weight is 408 g/mol. The molecule has 8 heteroatoms. The Kier molecular flexibility index (Phi) is 5.25. The van der Waals surface area contributed by atoms with Crippen molar-refractivity contribution >= 4 is 33.0 Å². The Balaban J connectivity index is 1.86. The second kappa shape index (κ2) is 7.46. The average Bonchev–Trinajstić information content (AvgIpc) is 2.62. The topological polar surface area (TPSA) is 63.2 Å². The highest BCUT2D eigenvalue weighted by atomic mass is 35.5. The molecule has 0 aliphatic carbocycles. The summed E-state index contributed by atoms with van der Waals surface area (Å²) < 4.78 is 52.6. The van der Waals surface area contributed by atoms with Crippen LogP contribution in [-0.4, -0.2) is 14.3 Å². The van der Waals surface area contributed by atoms with Gasteiger partial charge >= 0.3 is 0 Å². The Hall–Kier alpha value is -2.77. The van der Waals surface area contributed by atoms with Crippen molar-refractivity contribution in [2.75, 3.05) is 5.32 Å². The van der Waals surface area contributed by atoms with E-state index < -0.39 is 32.9 Å². The number of anilines is 1. The van der Waals surface area contributed by atoms with Crippen molar-refractivity contribution in [1.29, 1.82) is 0 Å². The Morgan fingerprint density at radius 1 is 0.852 bits per heavy atom. The minimum absolute atomic E-state index is 0.0364. The molecule has 0 spiro atoms. The third-order valence-corrected chi connectivity index (χ3v) is 6.01. The van der Waals surface area contributed by atoms with Crippen molar-refractivity contribution in [3.8, 4) is 0 Å². The lowest BCUT2D eigenvalue weighted by atomic mass is 10.2. The van der Waals surface area contributed by atoms with Crippen LogP contribution in [0.15, 0.2) is 76.5 Å². The van der Waals surface area contributed by atoms with Crippen molar-refractivity contribution in [2.24, 2.45) is 0 Å². The number of amides is 1. The molecule has 0 radical (unpaired) electrons. The van der Waals surface area contributed by atoms with Crippen LogP contribution in [0.2, 0.25) is 5.02 Å². The third kappa shape index (κ3) is 3.84. The van der Waals surface area contributed by atoms with Crippen molar-refractivity contribution in [3.05, 3.63) is 89.0 Å². The summed E-state index contributed by atoms with van der Waals surface area (Å²) in [5, 5.41) is 2.42. The molecule has 0 atom stereocenters. The normalized spacial score (nSPS) is 11.2. The molecule has 27 heavy (non-hydrogen) atoms. The zero-order valence-corrected chi connectivity index (χ0v) is 15.2. The van der Waals surface area contributed by atoms with E-state index in [0.29, 0.717) is 0 Å². The maximum Gasteiger partial charge on any atom is 0.261 e. The molecule has 4 nitrogen and oxygen atoms in total. The minimum Gasteiger partial charge on any atom is -0.322 e. The first-order chi connectivity index (χ1) is 12.8. The van der Waals surface area contributed by atoms with E-state index in [2.05, 4.69) is 5.32 Å². The molecule has 0 fully saturated rings. The van der Waals surface area contributed by atoms with Crippen LogP contribution in [-0.2, 0) is 9.84 Å². The number of benzene rings is 3. The van der Waals surface area contributed by atoms with Crippen molar-refractivity contribution in [2.45, 2.75) is 9.79 Å². The van der Waals surface area contributed by atoms with Gasteiger partial charge in [0, 0.05) is 5.69 Å². The number of carbonyl (C=O) groups is 1. The number of halogens is 3. The van der Waals surface area contributed by atoms with Crippen LogP contribution in [0.5, 0.6) is 0 Å². The molecule has 0 unspecified atom stereocenters. The quantitative estimate of drug-likeness (QED) is 0.681. The molecule has 1 amide bonds. The zero-order valence-electron chi connectivity index (χ0n) is 13.6. The third-order valence-electron chi connectivity index (χ3n) is 3.74. The Labute approximate surface area is 159 Å². The summed E-state index contributed by atoms with van der Waals surface area (Å²) in [5.74, 6) is -2.97. The molecule has 3 aromatic rings. The van der Waals surface area contributed by atoms with E-state index in [1.54, 1.807) is 12.1 Å². The predicted molar refractivity (Wildman–Crippen MR) is 97.7 cm³/mol. The van der Waals surface area contributed by atoms with Gasteiger partial charge < -0.3 is 5.32 Å².